The van der Waals surface area contributed by atoms with Crippen LogP contribution in [0.4, 0.5) is 0 Å². The number of hydrogen-bond donors (Lipinski definition) is 3. The molecule has 0 aliphatic carbocycles. The van der Waals surface area contributed by atoms with E-state index in [9.17, 15) is 9.59 Å². The molecule has 0 atom stereocenters. The molecule has 4 N–H and O–H groups in total. The van der Waals surface area contributed by atoms with Gasteiger partial charge in [-0.25, -0.2) is 0 Å². The molecule has 0 spiro atoms. The van der Waals surface area contributed by atoms with E-state index in [-0.39, 0.29) is 12.5 Å². The highest BCUT2D eigenvalue weighted by molar-refractivity contribution is 9.10. The van der Waals surface area contributed by atoms with Crippen molar-refractivity contribution >= 4 is 33.7 Å². The fraction of sp³-hybridized carbons (Fsp3) is 0.250. The average molecular weight is 446 g/mol. The third-order valence-electron chi connectivity index (χ3n) is 4.00. The van der Waals surface area contributed by atoms with Crippen molar-refractivity contribution in [2.75, 3.05) is 20.6 Å². The number of amides is 2. The first kappa shape index (κ1) is 21.4. The van der Waals surface area contributed by atoms with Crippen LogP contribution in [-0.4, -0.2) is 43.3 Å². The lowest BCUT2D eigenvalue weighted by molar-refractivity contribution is -0.117. The number of hydrogen-bond acceptors (Lipinski definition) is 3. The lowest BCUT2D eigenvalue weighted by Crippen LogP contribution is -2.38. The van der Waals surface area contributed by atoms with Gasteiger partial charge in [-0.1, -0.05) is 40.2 Å². The Hall–Kier alpha value is -2.87. The third kappa shape index (κ3) is 6.70. The highest BCUT2D eigenvalue weighted by atomic mass is 79.9. The Kier molecular flexibility index (Phi) is 8.01. The molecule has 0 fully saturated rings. The number of primary amides is 1. The molecule has 0 saturated heterocycles. The molecule has 2 aromatic rings. The molecule has 0 radical (unpaired) electrons. The van der Waals surface area contributed by atoms with Crippen LogP contribution in [0.25, 0.3) is 0 Å². The molecular formula is C20H24BrN5O2. The van der Waals surface area contributed by atoms with Crippen molar-refractivity contribution in [3.63, 3.8) is 0 Å². The fourth-order valence-electron chi connectivity index (χ4n) is 2.55. The van der Waals surface area contributed by atoms with Gasteiger partial charge in [-0.05, 0) is 35.4 Å². The molecular weight excluding hydrogens is 422 g/mol. The fourth-order valence-corrected chi connectivity index (χ4v) is 2.81. The molecule has 0 saturated carbocycles. The van der Waals surface area contributed by atoms with E-state index in [1.165, 1.54) is 5.56 Å². The molecule has 0 aliphatic rings. The van der Waals surface area contributed by atoms with Gasteiger partial charge in [0.05, 0.1) is 6.54 Å². The predicted octanol–water partition coefficient (Wildman–Crippen LogP) is 1.87. The zero-order valence-electron chi connectivity index (χ0n) is 15.9. The predicted molar refractivity (Wildman–Crippen MR) is 114 cm³/mol. The summed E-state index contributed by atoms with van der Waals surface area (Å²) in [6.07, 6.45) is 0. The summed E-state index contributed by atoms with van der Waals surface area (Å²) in [6.45, 7) is 1.12. The van der Waals surface area contributed by atoms with E-state index in [4.69, 9.17) is 5.73 Å². The van der Waals surface area contributed by atoms with Gasteiger partial charge in [0.1, 0.15) is 0 Å². The zero-order valence-corrected chi connectivity index (χ0v) is 17.5. The van der Waals surface area contributed by atoms with E-state index in [0.29, 0.717) is 12.1 Å². The van der Waals surface area contributed by atoms with Gasteiger partial charge < -0.3 is 21.3 Å². The number of rotatable bonds is 7. The van der Waals surface area contributed by atoms with Crippen molar-refractivity contribution in [3.8, 4) is 0 Å². The molecule has 0 heterocycles. The van der Waals surface area contributed by atoms with Gasteiger partial charge in [0.2, 0.25) is 5.91 Å². The molecule has 2 aromatic carbocycles. The van der Waals surface area contributed by atoms with Crippen LogP contribution in [0.2, 0.25) is 0 Å². The Morgan fingerprint density at radius 1 is 1.04 bits per heavy atom. The number of aliphatic imine (C=N–C) groups is 1. The lowest BCUT2D eigenvalue weighted by Gasteiger charge is -2.22. The van der Waals surface area contributed by atoms with Crippen LogP contribution in [0.3, 0.4) is 0 Å². The molecule has 0 bridgehead atoms. The van der Waals surface area contributed by atoms with Crippen LogP contribution in [0.5, 0.6) is 0 Å². The minimum atomic E-state index is -0.576. The maximum Gasteiger partial charge on any atom is 0.251 e. The molecule has 8 heteroatoms. The Balaban J connectivity index is 1.89. The van der Waals surface area contributed by atoms with Gasteiger partial charge in [-0.15, -0.1) is 0 Å². The number of nitrogens with zero attached hydrogens (tertiary/aromatic N) is 2. The highest BCUT2D eigenvalue weighted by Crippen LogP contribution is 2.12. The van der Waals surface area contributed by atoms with Crippen molar-refractivity contribution in [3.05, 3.63) is 69.7 Å². The lowest BCUT2D eigenvalue weighted by atomic mass is 10.1. The van der Waals surface area contributed by atoms with Gasteiger partial charge in [-0.3, -0.25) is 14.6 Å². The van der Waals surface area contributed by atoms with Gasteiger partial charge >= 0.3 is 0 Å². The minimum Gasteiger partial charge on any atom is -0.368 e. The molecule has 2 rings (SSSR count). The topological polar surface area (TPSA) is 99.8 Å². The Morgan fingerprint density at radius 3 is 2.21 bits per heavy atom. The molecule has 148 valence electrons. The van der Waals surface area contributed by atoms with E-state index in [0.717, 1.165) is 22.5 Å². The number of carbonyl (C=O) groups excluding carboxylic acids is 2. The Labute approximate surface area is 173 Å². The molecule has 2 amide bonds. The van der Waals surface area contributed by atoms with E-state index in [1.54, 1.807) is 19.2 Å². The van der Waals surface area contributed by atoms with Crippen molar-refractivity contribution in [2.45, 2.75) is 13.1 Å². The van der Waals surface area contributed by atoms with E-state index < -0.39 is 5.91 Å². The monoisotopic (exact) mass is 445 g/mol. The maximum atomic E-state index is 11.9. The van der Waals surface area contributed by atoms with Gasteiger partial charge in [0, 0.05) is 37.2 Å². The van der Waals surface area contributed by atoms with Crippen molar-refractivity contribution in [1.29, 1.82) is 0 Å². The highest BCUT2D eigenvalue weighted by Gasteiger charge is 2.08. The van der Waals surface area contributed by atoms with Crippen molar-refractivity contribution in [2.24, 2.45) is 10.7 Å². The third-order valence-corrected chi connectivity index (χ3v) is 4.52. The van der Waals surface area contributed by atoms with Crippen LogP contribution in [0.15, 0.2) is 58.0 Å². The van der Waals surface area contributed by atoms with Crippen LogP contribution in [0.1, 0.15) is 21.5 Å². The minimum absolute atomic E-state index is 0.177. The molecule has 0 aliphatic heterocycles. The average Bonchev–Trinajstić information content (AvgIpc) is 2.68. The number of nitrogens with two attached hydrogens (primary N) is 1. The maximum absolute atomic E-state index is 11.9. The van der Waals surface area contributed by atoms with Crippen LogP contribution < -0.4 is 16.4 Å². The Bertz CT molecular complexity index is 835. The van der Waals surface area contributed by atoms with Crippen molar-refractivity contribution in [1.82, 2.24) is 15.5 Å². The summed E-state index contributed by atoms with van der Waals surface area (Å²) in [6, 6.07) is 15.3. The molecule has 0 aromatic heterocycles. The molecule has 7 nitrogen and oxygen atoms in total. The second-order valence-electron chi connectivity index (χ2n) is 6.23. The van der Waals surface area contributed by atoms with Gasteiger partial charge in [-0.2, -0.15) is 0 Å². The zero-order chi connectivity index (χ0) is 20.5. The summed E-state index contributed by atoms with van der Waals surface area (Å²) >= 11 is 3.44. The molecule has 0 unspecified atom stereocenters. The number of benzene rings is 2. The smallest absolute Gasteiger partial charge is 0.251 e. The summed E-state index contributed by atoms with van der Waals surface area (Å²) in [4.78, 5) is 29.0. The molecule has 28 heavy (non-hydrogen) atoms. The van der Waals surface area contributed by atoms with Crippen LogP contribution >= 0.6 is 15.9 Å². The van der Waals surface area contributed by atoms with Crippen LogP contribution in [0, 0.1) is 0 Å². The Morgan fingerprint density at radius 2 is 1.64 bits per heavy atom. The summed E-state index contributed by atoms with van der Waals surface area (Å²) in [5, 5.41) is 5.77. The quantitative estimate of drug-likeness (QED) is 0.447. The first-order valence-electron chi connectivity index (χ1n) is 8.70. The van der Waals surface area contributed by atoms with E-state index in [2.05, 4.69) is 43.7 Å². The standard InChI is InChI=1S/C20H24BrN5O2/c1-23-20(26(2)13-15-5-9-17(21)10-6-15)25-11-14-3-7-16(8-4-14)19(28)24-12-18(22)27/h3-10H,11-13H2,1-2H3,(H2,22,27)(H,23,25)(H,24,28). The second kappa shape index (κ2) is 10.5. The van der Waals surface area contributed by atoms with E-state index in [1.807, 2.05) is 36.2 Å². The second-order valence-corrected chi connectivity index (χ2v) is 7.14. The number of carbonyl (C=O) groups is 2. The summed E-state index contributed by atoms with van der Waals surface area (Å²) in [7, 11) is 3.72. The van der Waals surface area contributed by atoms with Gasteiger partial charge in [0.15, 0.2) is 5.96 Å². The summed E-state index contributed by atoms with van der Waals surface area (Å²) in [5.74, 6) is -0.137. The number of halogens is 1. The number of guanidine groups is 1. The first-order valence-corrected chi connectivity index (χ1v) is 9.50. The van der Waals surface area contributed by atoms with Gasteiger partial charge in [0.25, 0.3) is 5.91 Å². The van der Waals surface area contributed by atoms with E-state index >= 15 is 0 Å². The largest absolute Gasteiger partial charge is 0.368 e. The first-order chi connectivity index (χ1) is 13.4. The normalized spacial score (nSPS) is 11.0. The van der Waals surface area contributed by atoms with Crippen LogP contribution in [-0.2, 0) is 17.9 Å². The van der Waals surface area contributed by atoms with Crippen molar-refractivity contribution < 1.29 is 9.59 Å². The summed E-state index contributed by atoms with van der Waals surface area (Å²) < 4.78 is 1.05. The SMILES string of the molecule is CN=C(NCc1ccc(C(=O)NCC(N)=O)cc1)N(C)Cc1ccc(Br)cc1. The number of nitrogens with one attached hydrogen (secondary N) is 2. The summed E-state index contributed by atoms with van der Waals surface area (Å²) in [5.41, 5.74) is 7.68.